The minimum atomic E-state index is -0.218. The molecular formula is C20H21FO2. The molecule has 0 saturated heterocycles. The van der Waals surface area contributed by atoms with Gasteiger partial charge in [0.1, 0.15) is 18.2 Å². The van der Waals surface area contributed by atoms with Crippen LogP contribution in [-0.2, 0) is 13.0 Å². The maximum absolute atomic E-state index is 13.6. The van der Waals surface area contributed by atoms with E-state index in [1.54, 1.807) is 12.1 Å². The molecular weight excluding hydrogens is 291 g/mol. The number of hydrogen-bond acceptors (Lipinski definition) is 2. The summed E-state index contributed by atoms with van der Waals surface area (Å²) in [7, 11) is 0. The highest BCUT2D eigenvalue weighted by Crippen LogP contribution is 2.80. The molecule has 2 aliphatic carbocycles. The third-order valence-electron chi connectivity index (χ3n) is 5.57. The van der Waals surface area contributed by atoms with Crippen LogP contribution in [0.3, 0.4) is 0 Å². The third-order valence-corrected chi connectivity index (χ3v) is 5.57. The highest BCUT2D eigenvalue weighted by Gasteiger charge is 2.77. The lowest BCUT2D eigenvalue weighted by molar-refractivity contribution is 0.224. The van der Waals surface area contributed by atoms with Crippen LogP contribution in [0.5, 0.6) is 5.75 Å². The van der Waals surface area contributed by atoms with Crippen molar-refractivity contribution in [2.75, 3.05) is 6.61 Å². The molecule has 0 amide bonds. The van der Waals surface area contributed by atoms with Crippen molar-refractivity contribution >= 4 is 0 Å². The van der Waals surface area contributed by atoms with E-state index in [1.165, 1.54) is 12.5 Å². The molecule has 23 heavy (non-hydrogen) atoms. The van der Waals surface area contributed by atoms with Gasteiger partial charge < -0.3 is 9.84 Å². The van der Waals surface area contributed by atoms with Gasteiger partial charge in [0.05, 0.1) is 0 Å². The standard InChI is InChI=1S/C20H21FO2/c21-16-7-9-19(23-12-14-4-2-1-3-5-14)15(10-16)6-8-17-18-11-20(17,18)13-22/h1-5,7,9-10,17-18,22H,6,8,11-13H2/t17-,18?,20-/m1/s1. The van der Waals surface area contributed by atoms with E-state index in [4.69, 9.17) is 4.74 Å². The zero-order chi connectivity index (χ0) is 15.9. The van der Waals surface area contributed by atoms with Crippen LogP contribution < -0.4 is 4.74 Å². The Kier molecular flexibility index (Phi) is 3.61. The molecule has 0 spiro atoms. The first-order valence-corrected chi connectivity index (χ1v) is 8.29. The van der Waals surface area contributed by atoms with Crippen LogP contribution >= 0.6 is 0 Å². The molecule has 120 valence electrons. The van der Waals surface area contributed by atoms with Gasteiger partial charge in [-0.05, 0) is 65.8 Å². The summed E-state index contributed by atoms with van der Waals surface area (Å²) in [6.45, 7) is 0.801. The predicted molar refractivity (Wildman–Crippen MR) is 86.6 cm³/mol. The number of aliphatic hydroxyl groups is 1. The smallest absolute Gasteiger partial charge is 0.123 e. The second-order valence-electron chi connectivity index (χ2n) is 6.87. The fraction of sp³-hybridized carbons (Fsp3) is 0.400. The summed E-state index contributed by atoms with van der Waals surface area (Å²) >= 11 is 0. The molecule has 3 heteroatoms. The van der Waals surface area contributed by atoms with E-state index in [9.17, 15) is 9.50 Å². The van der Waals surface area contributed by atoms with E-state index in [0.717, 1.165) is 35.6 Å². The van der Waals surface area contributed by atoms with Gasteiger partial charge in [-0.25, -0.2) is 4.39 Å². The van der Waals surface area contributed by atoms with Crippen molar-refractivity contribution in [2.45, 2.75) is 25.9 Å². The van der Waals surface area contributed by atoms with E-state index in [0.29, 0.717) is 19.1 Å². The van der Waals surface area contributed by atoms with Crippen molar-refractivity contribution in [1.82, 2.24) is 0 Å². The van der Waals surface area contributed by atoms with Crippen LogP contribution in [0.1, 0.15) is 24.0 Å². The Morgan fingerprint density at radius 1 is 1.17 bits per heavy atom. The second-order valence-corrected chi connectivity index (χ2v) is 6.87. The molecule has 1 N–H and O–H groups in total. The maximum atomic E-state index is 13.6. The summed E-state index contributed by atoms with van der Waals surface area (Å²) in [5.41, 5.74) is 2.27. The molecule has 2 aromatic rings. The number of fused-ring (bicyclic) bond motifs is 1. The number of aliphatic hydroxyl groups excluding tert-OH is 1. The Bertz CT molecular complexity index is 700. The van der Waals surface area contributed by atoms with Crippen molar-refractivity contribution in [2.24, 2.45) is 17.3 Å². The quantitative estimate of drug-likeness (QED) is 0.838. The van der Waals surface area contributed by atoms with E-state index in [-0.39, 0.29) is 11.2 Å². The van der Waals surface area contributed by atoms with Gasteiger partial charge >= 0.3 is 0 Å². The maximum Gasteiger partial charge on any atom is 0.123 e. The fourth-order valence-electron chi connectivity index (χ4n) is 3.87. The fourth-order valence-corrected chi connectivity index (χ4v) is 3.87. The number of halogens is 1. The van der Waals surface area contributed by atoms with Gasteiger partial charge in [-0.3, -0.25) is 0 Å². The summed E-state index contributed by atoms with van der Waals surface area (Å²) in [6.07, 6.45) is 3.00. The monoisotopic (exact) mass is 312 g/mol. The SMILES string of the molecule is OC[C@@]12CC1[C@H]2CCc1cc(F)ccc1OCc1ccccc1. The lowest BCUT2D eigenvalue weighted by Crippen LogP contribution is -2.06. The van der Waals surface area contributed by atoms with Crippen LogP contribution in [0.4, 0.5) is 4.39 Å². The van der Waals surface area contributed by atoms with Crippen LogP contribution in [0.15, 0.2) is 48.5 Å². The average molecular weight is 312 g/mol. The average Bonchev–Trinajstić information content (AvgIpc) is 3.44. The molecule has 0 bridgehead atoms. The van der Waals surface area contributed by atoms with Gasteiger partial charge in [-0.1, -0.05) is 30.3 Å². The summed E-state index contributed by atoms with van der Waals surface area (Å²) in [5, 5.41) is 9.40. The zero-order valence-electron chi connectivity index (χ0n) is 13.0. The largest absolute Gasteiger partial charge is 0.489 e. The molecule has 2 nitrogen and oxygen atoms in total. The van der Waals surface area contributed by atoms with Crippen molar-refractivity contribution in [3.05, 3.63) is 65.5 Å². The lowest BCUT2D eigenvalue weighted by Gasteiger charge is -2.14. The Balaban J connectivity index is 1.40. The Labute approximate surface area is 135 Å². The molecule has 4 rings (SSSR count). The Morgan fingerprint density at radius 2 is 2.00 bits per heavy atom. The van der Waals surface area contributed by atoms with Crippen LogP contribution in [0.2, 0.25) is 0 Å². The molecule has 0 aliphatic heterocycles. The first-order valence-electron chi connectivity index (χ1n) is 8.29. The first kappa shape index (κ1) is 14.7. The Hall–Kier alpha value is -1.87. The van der Waals surface area contributed by atoms with E-state index in [1.807, 2.05) is 30.3 Å². The van der Waals surface area contributed by atoms with Crippen molar-refractivity contribution in [3.63, 3.8) is 0 Å². The highest BCUT2D eigenvalue weighted by molar-refractivity contribution is 5.35. The number of benzene rings is 2. The zero-order valence-corrected chi connectivity index (χ0v) is 13.0. The van der Waals surface area contributed by atoms with Crippen molar-refractivity contribution in [1.29, 1.82) is 0 Å². The van der Waals surface area contributed by atoms with Crippen LogP contribution in [0.25, 0.3) is 0 Å². The number of ether oxygens (including phenoxy) is 1. The van der Waals surface area contributed by atoms with Crippen LogP contribution in [0, 0.1) is 23.1 Å². The molecule has 2 aromatic carbocycles. The molecule has 3 atom stereocenters. The van der Waals surface area contributed by atoms with E-state index >= 15 is 0 Å². The first-order chi connectivity index (χ1) is 11.2. The summed E-state index contributed by atoms with van der Waals surface area (Å²) < 4.78 is 19.5. The molecule has 2 saturated carbocycles. The second kappa shape index (κ2) is 5.64. The Morgan fingerprint density at radius 3 is 2.70 bits per heavy atom. The minimum absolute atomic E-state index is 0.218. The van der Waals surface area contributed by atoms with Crippen LogP contribution in [-0.4, -0.2) is 11.7 Å². The normalized spacial score (nSPS) is 27.4. The summed E-state index contributed by atoms with van der Waals surface area (Å²) in [4.78, 5) is 0. The van der Waals surface area contributed by atoms with Gasteiger partial charge in [0.15, 0.2) is 0 Å². The van der Waals surface area contributed by atoms with Gasteiger partial charge in [0.2, 0.25) is 0 Å². The van der Waals surface area contributed by atoms with Gasteiger partial charge in [-0.2, -0.15) is 0 Å². The minimum Gasteiger partial charge on any atom is -0.489 e. The molecule has 1 unspecified atom stereocenters. The summed E-state index contributed by atoms with van der Waals surface area (Å²) in [6, 6.07) is 14.7. The van der Waals surface area contributed by atoms with Gasteiger partial charge in [0.25, 0.3) is 0 Å². The molecule has 2 fully saturated rings. The predicted octanol–water partition coefficient (Wildman–Crippen LogP) is 3.97. The lowest BCUT2D eigenvalue weighted by atomic mass is 9.97. The van der Waals surface area contributed by atoms with Gasteiger partial charge in [0, 0.05) is 6.61 Å². The molecule has 2 aliphatic rings. The summed E-state index contributed by atoms with van der Waals surface area (Å²) in [5.74, 6) is 1.89. The molecule has 0 heterocycles. The van der Waals surface area contributed by atoms with Crippen molar-refractivity contribution in [3.8, 4) is 5.75 Å². The molecule has 0 aromatic heterocycles. The molecule has 0 radical (unpaired) electrons. The third kappa shape index (κ3) is 2.74. The van der Waals surface area contributed by atoms with Gasteiger partial charge in [-0.15, -0.1) is 0 Å². The highest BCUT2D eigenvalue weighted by atomic mass is 19.1. The van der Waals surface area contributed by atoms with E-state index in [2.05, 4.69) is 0 Å². The number of hydrogen-bond donors (Lipinski definition) is 1. The van der Waals surface area contributed by atoms with E-state index < -0.39 is 0 Å². The topological polar surface area (TPSA) is 29.5 Å². The van der Waals surface area contributed by atoms with Crippen molar-refractivity contribution < 1.29 is 14.2 Å². The number of rotatable bonds is 7. The number of aryl methyl sites for hydroxylation is 1.